The Balaban J connectivity index is 2.15. The Kier molecular flexibility index (Phi) is 2.58. The lowest BCUT2D eigenvalue weighted by Crippen LogP contribution is -2.26. The highest BCUT2D eigenvalue weighted by atomic mass is 35.5. The lowest BCUT2D eigenvalue weighted by Gasteiger charge is -2.35. The van der Waals surface area contributed by atoms with Crippen LogP contribution in [-0.2, 0) is 0 Å². The van der Waals surface area contributed by atoms with Gasteiger partial charge < -0.3 is 4.57 Å². The van der Waals surface area contributed by atoms with Gasteiger partial charge in [-0.05, 0) is 37.8 Å². The van der Waals surface area contributed by atoms with E-state index < -0.39 is 0 Å². The summed E-state index contributed by atoms with van der Waals surface area (Å²) in [6.45, 7) is 4.26. The van der Waals surface area contributed by atoms with Crippen molar-refractivity contribution in [3.05, 3.63) is 24.2 Å². The molecule has 2 aromatic heterocycles. The van der Waals surface area contributed by atoms with Crippen LogP contribution in [0.1, 0.15) is 43.9 Å². The molecule has 90 valence electrons. The van der Waals surface area contributed by atoms with Crippen LogP contribution < -0.4 is 0 Å². The quantitative estimate of drug-likeness (QED) is 0.760. The third kappa shape index (κ3) is 1.73. The van der Waals surface area contributed by atoms with E-state index in [1.807, 2.05) is 25.3 Å². The first kappa shape index (κ1) is 11.0. The summed E-state index contributed by atoms with van der Waals surface area (Å²) in [4.78, 5) is 9.06. The minimum absolute atomic E-state index is 0.0693. The predicted octanol–water partition coefficient (Wildman–Crippen LogP) is 3.70. The van der Waals surface area contributed by atoms with Gasteiger partial charge in [-0.15, -0.1) is 11.6 Å². The summed E-state index contributed by atoms with van der Waals surface area (Å²) < 4.78 is 2.24. The summed E-state index contributed by atoms with van der Waals surface area (Å²) >= 11 is 6.23. The normalized spacial score (nSPS) is 25.8. The molecule has 0 saturated heterocycles. The average Bonchev–Trinajstić information content (AvgIpc) is 2.64. The molecule has 0 aliphatic heterocycles. The largest absolute Gasteiger partial charge is 0.308 e. The second kappa shape index (κ2) is 3.98. The molecule has 0 bridgehead atoms. The van der Waals surface area contributed by atoms with E-state index in [-0.39, 0.29) is 5.38 Å². The van der Waals surface area contributed by atoms with Crippen LogP contribution >= 0.6 is 11.6 Å². The molecule has 17 heavy (non-hydrogen) atoms. The molecular weight excluding hydrogens is 234 g/mol. The molecule has 4 heteroatoms. The van der Waals surface area contributed by atoms with Crippen molar-refractivity contribution in [1.29, 1.82) is 0 Å². The molecule has 2 heterocycles. The third-order valence-corrected chi connectivity index (χ3v) is 3.74. The maximum Gasteiger partial charge on any atom is 0.160 e. The number of halogens is 1. The molecule has 0 amide bonds. The van der Waals surface area contributed by atoms with Crippen molar-refractivity contribution in [1.82, 2.24) is 14.5 Å². The van der Waals surface area contributed by atoms with Crippen molar-refractivity contribution >= 4 is 22.8 Å². The molecule has 1 unspecified atom stereocenters. The fourth-order valence-corrected chi connectivity index (χ4v) is 2.81. The van der Waals surface area contributed by atoms with Gasteiger partial charge in [0, 0.05) is 12.2 Å². The maximum absolute atomic E-state index is 6.23. The molecule has 1 aliphatic rings. The Bertz CT molecular complexity index is 541. The van der Waals surface area contributed by atoms with Crippen LogP contribution in [0, 0.1) is 5.92 Å². The van der Waals surface area contributed by atoms with Gasteiger partial charge >= 0.3 is 0 Å². The third-order valence-electron chi connectivity index (χ3n) is 3.55. The van der Waals surface area contributed by atoms with Gasteiger partial charge in [-0.1, -0.05) is 6.92 Å². The molecular formula is C13H16ClN3. The minimum Gasteiger partial charge on any atom is -0.308 e. The van der Waals surface area contributed by atoms with Crippen LogP contribution in [0.25, 0.3) is 11.2 Å². The number of rotatable bonds is 2. The highest BCUT2D eigenvalue weighted by Crippen LogP contribution is 2.41. The van der Waals surface area contributed by atoms with E-state index in [1.165, 1.54) is 12.8 Å². The fourth-order valence-electron chi connectivity index (χ4n) is 2.66. The van der Waals surface area contributed by atoms with Gasteiger partial charge in [0.1, 0.15) is 11.3 Å². The molecule has 0 radical (unpaired) electrons. The van der Waals surface area contributed by atoms with Crippen LogP contribution in [0.2, 0.25) is 0 Å². The standard InChI is InChI=1S/C13H16ClN3/c1-8-6-10(7-8)17-12(9(2)14)16-11-4-3-5-15-13(11)17/h3-5,8-10H,6-7H2,1-2H3. The molecule has 3 nitrogen and oxygen atoms in total. The Morgan fingerprint density at radius 1 is 1.47 bits per heavy atom. The monoisotopic (exact) mass is 249 g/mol. The summed E-state index contributed by atoms with van der Waals surface area (Å²) in [5, 5.41) is -0.0693. The van der Waals surface area contributed by atoms with Crippen LogP contribution in [0.15, 0.2) is 18.3 Å². The lowest BCUT2D eigenvalue weighted by atomic mass is 9.81. The van der Waals surface area contributed by atoms with E-state index in [9.17, 15) is 0 Å². The van der Waals surface area contributed by atoms with Crippen LogP contribution in [0.5, 0.6) is 0 Å². The molecule has 1 aliphatic carbocycles. The number of nitrogens with zero attached hydrogens (tertiary/aromatic N) is 3. The number of imidazole rings is 1. The molecule has 1 saturated carbocycles. The average molecular weight is 250 g/mol. The summed E-state index contributed by atoms with van der Waals surface area (Å²) in [7, 11) is 0. The topological polar surface area (TPSA) is 30.7 Å². The van der Waals surface area contributed by atoms with E-state index in [0.717, 1.165) is 22.9 Å². The van der Waals surface area contributed by atoms with Gasteiger partial charge in [0.15, 0.2) is 5.65 Å². The van der Waals surface area contributed by atoms with E-state index >= 15 is 0 Å². The first-order chi connectivity index (χ1) is 8.16. The van der Waals surface area contributed by atoms with Gasteiger partial charge in [-0.2, -0.15) is 0 Å². The molecule has 1 fully saturated rings. The van der Waals surface area contributed by atoms with E-state index in [2.05, 4.69) is 21.5 Å². The van der Waals surface area contributed by atoms with E-state index in [4.69, 9.17) is 11.6 Å². The van der Waals surface area contributed by atoms with E-state index in [0.29, 0.717) is 6.04 Å². The molecule has 1 atom stereocenters. The number of hydrogen-bond acceptors (Lipinski definition) is 2. The minimum atomic E-state index is -0.0693. The van der Waals surface area contributed by atoms with E-state index in [1.54, 1.807) is 0 Å². The zero-order valence-electron chi connectivity index (χ0n) is 10.1. The summed E-state index contributed by atoms with van der Waals surface area (Å²) in [5.41, 5.74) is 1.93. The Labute approximate surface area is 106 Å². The molecule has 0 aromatic carbocycles. The molecule has 0 N–H and O–H groups in total. The Morgan fingerprint density at radius 2 is 2.24 bits per heavy atom. The van der Waals surface area contributed by atoms with Crippen LogP contribution in [0.3, 0.4) is 0 Å². The second-order valence-electron chi connectivity index (χ2n) is 5.03. The van der Waals surface area contributed by atoms with Crippen LogP contribution in [0.4, 0.5) is 0 Å². The zero-order chi connectivity index (χ0) is 12.0. The van der Waals surface area contributed by atoms with Gasteiger partial charge in [0.05, 0.1) is 5.38 Å². The number of pyridine rings is 1. The van der Waals surface area contributed by atoms with Crippen molar-refractivity contribution < 1.29 is 0 Å². The Hall–Kier alpha value is -1.09. The smallest absolute Gasteiger partial charge is 0.160 e. The summed E-state index contributed by atoms with van der Waals surface area (Å²) in [6.07, 6.45) is 4.24. The van der Waals surface area contributed by atoms with Crippen molar-refractivity contribution in [2.45, 2.75) is 38.1 Å². The number of aromatic nitrogens is 3. The molecule has 3 rings (SSSR count). The van der Waals surface area contributed by atoms with Crippen molar-refractivity contribution in [2.24, 2.45) is 5.92 Å². The second-order valence-corrected chi connectivity index (χ2v) is 5.69. The first-order valence-corrected chi connectivity index (χ1v) is 6.57. The summed E-state index contributed by atoms with van der Waals surface area (Å²) in [5.74, 6) is 1.76. The highest BCUT2D eigenvalue weighted by Gasteiger charge is 2.31. The van der Waals surface area contributed by atoms with Crippen molar-refractivity contribution in [3.8, 4) is 0 Å². The highest BCUT2D eigenvalue weighted by molar-refractivity contribution is 6.20. The van der Waals surface area contributed by atoms with Gasteiger partial charge in [-0.3, -0.25) is 0 Å². The molecule has 0 spiro atoms. The van der Waals surface area contributed by atoms with Gasteiger partial charge in [-0.25, -0.2) is 9.97 Å². The Morgan fingerprint density at radius 3 is 2.88 bits per heavy atom. The first-order valence-electron chi connectivity index (χ1n) is 6.13. The zero-order valence-corrected chi connectivity index (χ0v) is 10.9. The van der Waals surface area contributed by atoms with Crippen molar-refractivity contribution in [2.75, 3.05) is 0 Å². The summed E-state index contributed by atoms with van der Waals surface area (Å²) in [6, 6.07) is 4.45. The fraction of sp³-hybridized carbons (Fsp3) is 0.538. The maximum atomic E-state index is 6.23. The molecule has 2 aromatic rings. The number of alkyl halides is 1. The number of fused-ring (bicyclic) bond motifs is 1. The van der Waals surface area contributed by atoms with Crippen LogP contribution in [-0.4, -0.2) is 14.5 Å². The SMILES string of the molecule is CC1CC(n2c(C(C)Cl)nc3cccnc32)C1. The van der Waals surface area contributed by atoms with Crippen molar-refractivity contribution in [3.63, 3.8) is 0 Å². The van der Waals surface area contributed by atoms with Gasteiger partial charge in [0.2, 0.25) is 0 Å². The number of hydrogen-bond donors (Lipinski definition) is 0. The predicted molar refractivity (Wildman–Crippen MR) is 69.2 cm³/mol. The lowest BCUT2D eigenvalue weighted by molar-refractivity contribution is 0.215. The van der Waals surface area contributed by atoms with Gasteiger partial charge in [0.25, 0.3) is 0 Å².